The van der Waals surface area contributed by atoms with Gasteiger partial charge in [-0.1, -0.05) is 19.4 Å². The van der Waals surface area contributed by atoms with Crippen LogP contribution in [0.3, 0.4) is 0 Å². The summed E-state index contributed by atoms with van der Waals surface area (Å²) >= 11 is 0. The minimum atomic E-state index is -0.461. The van der Waals surface area contributed by atoms with E-state index in [2.05, 4.69) is 26.0 Å². The molecule has 3 rings (SSSR count). The minimum Gasteiger partial charge on any atom is -0.496 e. The van der Waals surface area contributed by atoms with E-state index in [-0.39, 0.29) is 29.7 Å². The van der Waals surface area contributed by atoms with Crippen molar-refractivity contribution in [3.63, 3.8) is 0 Å². The van der Waals surface area contributed by atoms with Gasteiger partial charge in [0.2, 0.25) is 0 Å². The fourth-order valence-corrected chi connectivity index (χ4v) is 5.58. The molecule has 0 unspecified atom stereocenters. The predicted molar refractivity (Wildman–Crippen MR) is 102 cm³/mol. The lowest BCUT2D eigenvalue weighted by atomic mass is 9.49. The van der Waals surface area contributed by atoms with Crippen molar-refractivity contribution in [3.8, 4) is 5.75 Å². The van der Waals surface area contributed by atoms with Gasteiger partial charge >= 0.3 is 11.9 Å². The molecule has 0 bridgehead atoms. The van der Waals surface area contributed by atoms with E-state index < -0.39 is 5.41 Å². The summed E-state index contributed by atoms with van der Waals surface area (Å²) in [5.41, 5.74) is 2.79. The highest BCUT2D eigenvalue weighted by Crippen LogP contribution is 2.58. The Bertz CT molecular complexity index is 755. The first-order valence-electron chi connectivity index (χ1n) is 9.65. The number of ether oxygens (including phenoxy) is 3. The van der Waals surface area contributed by atoms with Crippen LogP contribution < -0.4 is 4.74 Å². The Morgan fingerprint density at radius 2 is 1.85 bits per heavy atom. The Morgan fingerprint density at radius 1 is 1.11 bits per heavy atom. The third-order valence-corrected chi connectivity index (χ3v) is 6.97. The summed E-state index contributed by atoms with van der Waals surface area (Å²) in [6, 6.07) is 4.18. The summed E-state index contributed by atoms with van der Waals surface area (Å²) in [7, 11) is 4.51. The standard InChI is InChI=1S/C22H30O5/c1-21-9-6-10-22(2,20(24)27-5)18(21)8-7-14-11-15(12-19(23)26-4)17(25-3)13-16(14)21/h11,13,18H,6-10,12H2,1-5H3/t18-,21+,22-/m0/s1. The second-order valence-electron chi connectivity index (χ2n) is 8.35. The maximum atomic E-state index is 12.6. The van der Waals surface area contributed by atoms with Crippen LogP contribution in [0.2, 0.25) is 0 Å². The van der Waals surface area contributed by atoms with E-state index in [1.54, 1.807) is 7.11 Å². The van der Waals surface area contributed by atoms with E-state index in [4.69, 9.17) is 14.2 Å². The molecule has 0 aromatic heterocycles. The van der Waals surface area contributed by atoms with Gasteiger partial charge in [0.1, 0.15) is 5.75 Å². The number of methoxy groups -OCH3 is 3. The lowest BCUT2D eigenvalue weighted by Gasteiger charge is -2.54. The molecule has 2 aliphatic carbocycles. The molecule has 0 aliphatic heterocycles. The van der Waals surface area contributed by atoms with E-state index in [9.17, 15) is 9.59 Å². The number of benzene rings is 1. The van der Waals surface area contributed by atoms with Gasteiger partial charge in [0, 0.05) is 5.56 Å². The molecule has 0 N–H and O–H groups in total. The number of carbonyl (C=O) groups excluding carboxylic acids is 2. The van der Waals surface area contributed by atoms with Crippen molar-refractivity contribution in [1.82, 2.24) is 0 Å². The first kappa shape index (κ1) is 19.7. The van der Waals surface area contributed by atoms with Gasteiger partial charge in [0.15, 0.2) is 0 Å². The van der Waals surface area contributed by atoms with Gasteiger partial charge < -0.3 is 14.2 Å². The Morgan fingerprint density at radius 3 is 2.48 bits per heavy atom. The Hall–Kier alpha value is -2.04. The molecule has 5 heteroatoms. The normalized spacial score (nSPS) is 29.3. The average Bonchev–Trinajstić information content (AvgIpc) is 2.66. The molecule has 5 nitrogen and oxygen atoms in total. The zero-order chi connectivity index (χ0) is 19.8. The highest BCUT2D eigenvalue weighted by atomic mass is 16.5. The summed E-state index contributed by atoms with van der Waals surface area (Å²) in [5, 5.41) is 0. The van der Waals surface area contributed by atoms with Gasteiger partial charge in [-0.05, 0) is 61.1 Å². The van der Waals surface area contributed by atoms with Crippen LogP contribution in [0.1, 0.15) is 56.2 Å². The van der Waals surface area contributed by atoms with Crippen molar-refractivity contribution >= 4 is 11.9 Å². The monoisotopic (exact) mass is 374 g/mol. The van der Waals surface area contributed by atoms with Crippen molar-refractivity contribution in [3.05, 3.63) is 28.8 Å². The molecule has 1 aromatic rings. The highest BCUT2D eigenvalue weighted by molar-refractivity contribution is 5.77. The Labute approximate surface area is 161 Å². The molecule has 0 spiro atoms. The second kappa shape index (κ2) is 7.17. The molecular weight excluding hydrogens is 344 g/mol. The number of hydrogen-bond acceptors (Lipinski definition) is 5. The predicted octanol–water partition coefficient (Wildman–Crippen LogP) is 3.59. The van der Waals surface area contributed by atoms with Crippen LogP contribution >= 0.6 is 0 Å². The van der Waals surface area contributed by atoms with Gasteiger partial charge in [0.05, 0.1) is 33.2 Å². The van der Waals surface area contributed by atoms with Crippen molar-refractivity contribution in [2.24, 2.45) is 11.3 Å². The molecule has 3 atom stereocenters. The van der Waals surface area contributed by atoms with E-state index in [0.717, 1.165) is 37.7 Å². The van der Waals surface area contributed by atoms with Crippen molar-refractivity contribution in [2.45, 2.75) is 57.8 Å². The minimum absolute atomic E-state index is 0.101. The van der Waals surface area contributed by atoms with E-state index in [1.807, 2.05) is 0 Å². The fraction of sp³-hybridized carbons (Fsp3) is 0.636. The van der Waals surface area contributed by atoms with Crippen LogP contribution in [0.25, 0.3) is 0 Å². The van der Waals surface area contributed by atoms with E-state index >= 15 is 0 Å². The lowest BCUT2D eigenvalue weighted by molar-refractivity contribution is -0.161. The fourth-order valence-electron chi connectivity index (χ4n) is 5.58. The number of esters is 2. The molecule has 0 heterocycles. The van der Waals surface area contributed by atoms with Crippen LogP contribution in [-0.4, -0.2) is 33.3 Å². The van der Waals surface area contributed by atoms with Gasteiger partial charge in [-0.25, -0.2) is 0 Å². The molecule has 0 saturated heterocycles. The quantitative estimate of drug-likeness (QED) is 0.754. The first-order valence-corrected chi connectivity index (χ1v) is 9.65. The molecule has 0 radical (unpaired) electrons. The average molecular weight is 374 g/mol. The Kier molecular flexibility index (Phi) is 5.24. The number of fused-ring (bicyclic) bond motifs is 3. The molecule has 2 aliphatic rings. The van der Waals surface area contributed by atoms with Crippen LogP contribution in [-0.2, 0) is 37.3 Å². The maximum Gasteiger partial charge on any atom is 0.311 e. The smallest absolute Gasteiger partial charge is 0.311 e. The van der Waals surface area contributed by atoms with Gasteiger partial charge in [0.25, 0.3) is 0 Å². The number of hydrogen-bond donors (Lipinski definition) is 0. The summed E-state index contributed by atoms with van der Waals surface area (Å²) in [6.07, 6.45) is 4.93. The second-order valence-corrected chi connectivity index (χ2v) is 8.35. The summed E-state index contributed by atoms with van der Waals surface area (Å²) in [4.78, 5) is 24.4. The largest absolute Gasteiger partial charge is 0.496 e. The van der Waals surface area contributed by atoms with Gasteiger partial charge in [-0.2, -0.15) is 0 Å². The zero-order valence-corrected chi connectivity index (χ0v) is 17.0. The van der Waals surface area contributed by atoms with Crippen molar-refractivity contribution in [1.29, 1.82) is 0 Å². The lowest BCUT2D eigenvalue weighted by Crippen LogP contribution is -2.52. The molecule has 1 aromatic carbocycles. The van der Waals surface area contributed by atoms with Crippen LogP contribution in [0.15, 0.2) is 12.1 Å². The van der Waals surface area contributed by atoms with Gasteiger partial charge in [-0.3, -0.25) is 9.59 Å². The summed E-state index contributed by atoms with van der Waals surface area (Å²) in [6.45, 7) is 4.34. The highest BCUT2D eigenvalue weighted by Gasteiger charge is 2.55. The molecule has 0 amide bonds. The molecule has 1 fully saturated rings. The van der Waals surface area contributed by atoms with Crippen molar-refractivity contribution < 1.29 is 23.8 Å². The molecular formula is C22H30O5. The van der Waals surface area contributed by atoms with Crippen LogP contribution in [0, 0.1) is 11.3 Å². The van der Waals surface area contributed by atoms with E-state index in [1.165, 1.54) is 25.3 Å². The summed E-state index contributed by atoms with van der Waals surface area (Å²) in [5.74, 6) is 0.571. The number of aryl methyl sites for hydroxylation is 1. The molecule has 27 heavy (non-hydrogen) atoms. The number of carbonyl (C=O) groups is 2. The Balaban J connectivity index is 2.07. The van der Waals surface area contributed by atoms with Crippen LogP contribution in [0.4, 0.5) is 0 Å². The van der Waals surface area contributed by atoms with Crippen molar-refractivity contribution in [2.75, 3.05) is 21.3 Å². The molecule has 1 saturated carbocycles. The maximum absolute atomic E-state index is 12.6. The first-order chi connectivity index (χ1) is 12.8. The molecule has 148 valence electrons. The topological polar surface area (TPSA) is 61.8 Å². The SMILES string of the molecule is COC(=O)Cc1cc2c(cc1OC)[C@@]1(C)CCC[C@](C)(C(=O)OC)[C@H]1CC2. The number of rotatable bonds is 4. The zero-order valence-electron chi connectivity index (χ0n) is 17.0. The van der Waals surface area contributed by atoms with E-state index in [0.29, 0.717) is 5.75 Å². The summed E-state index contributed by atoms with van der Waals surface area (Å²) < 4.78 is 15.6. The third kappa shape index (κ3) is 3.11. The van der Waals surface area contributed by atoms with Crippen LogP contribution in [0.5, 0.6) is 5.75 Å². The van der Waals surface area contributed by atoms with Gasteiger partial charge in [-0.15, -0.1) is 0 Å². The third-order valence-electron chi connectivity index (χ3n) is 6.97.